The lowest BCUT2D eigenvalue weighted by Gasteiger charge is -2.20. The zero-order valence-electron chi connectivity index (χ0n) is 10.9. The second kappa shape index (κ2) is 5.75. The van der Waals surface area contributed by atoms with E-state index < -0.39 is 0 Å². The van der Waals surface area contributed by atoms with Gasteiger partial charge in [-0.15, -0.1) is 0 Å². The first-order chi connectivity index (χ1) is 6.82. The maximum absolute atomic E-state index is 4.16. The van der Waals surface area contributed by atoms with Crippen molar-refractivity contribution in [2.75, 3.05) is 0 Å². The van der Waals surface area contributed by atoms with Crippen LogP contribution in [-0.4, -0.2) is 0 Å². The van der Waals surface area contributed by atoms with Crippen molar-refractivity contribution >= 4 is 0 Å². The molecule has 0 aliphatic rings. The van der Waals surface area contributed by atoms with Crippen LogP contribution in [0.25, 0.3) is 0 Å². The Morgan fingerprint density at radius 2 is 1.47 bits per heavy atom. The lowest BCUT2D eigenvalue weighted by Crippen LogP contribution is -2.04. The number of rotatable bonds is 5. The van der Waals surface area contributed by atoms with E-state index in [1.54, 1.807) is 0 Å². The summed E-state index contributed by atoms with van der Waals surface area (Å²) in [5, 5.41) is 0. The molecule has 0 heterocycles. The van der Waals surface area contributed by atoms with Crippen molar-refractivity contribution < 1.29 is 0 Å². The zero-order chi connectivity index (χ0) is 12.2. The van der Waals surface area contributed by atoms with Gasteiger partial charge in [-0.05, 0) is 35.5 Å². The molecule has 0 rings (SSSR count). The summed E-state index contributed by atoms with van der Waals surface area (Å²) in [6.07, 6.45) is 1.93. The maximum Gasteiger partial charge on any atom is -0.0170 e. The normalized spacial score (nSPS) is 12.7. The molecular formula is C15H24. The van der Waals surface area contributed by atoms with Crippen LogP contribution in [-0.2, 0) is 0 Å². The molecule has 0 aromatic carbocycles. The molecular weight excluding hydrogens is 180 g/mol. The van der Waals surface area contributed by atoms with Gasteiger partial charge in [0.15, 0.2) is 0 Å². The summed E-state index contributed by atoms with van der Waals surface area (Å²) in [7, 11) is 0. The van der Waals surface area contributed by atoms with Crippen LogP contribution in [0.15, 0.2) is 48.1 Å². The Bertz CT molecular complexity index is 298. The van der Waals surface area contributed by atoms with Crippen LogP contribution in [0.3, 0.4) is 0 Å². The second-order valence-corrected chi connectivity index (χ2v) is 4.65. The molecule has 0 aromatic heterocycles. The fourth-order valence-electron chi connectivity index (χ4n) is 1.62. The highest BCUT2D eigenvalue weighted by atomic mass is 14.2. The van der Waals surface area contributed by atoms with Crippen molar-refractivity contribution in [3.63, 3.8) is 0 Å². The molecule has 15 heavy (non-hydrogen) atoms. The summed E-state index contributed by atoms with van der Waals surface area (Å²) >= 11 is 0. The maximum atomic E-state index is 4.16. The minimum Gasteiger partial charge on any atom is -0.0988 e. The van der Waals surface area contributed by atoms with Crippen molar-refractivity contribution in [2.24, 2.45) is 11.8 Å². The summed E-state index contributed by atoms with van der Waals surface area (Å²) in [4.78, 5) is 0. The molecule has 0 N–H and O–H groups in total. The fraction of sp³-hybridized carbons (Fsp3) is 0.467. The Morgan fingerprint density at radius 1 is 1.00 bits per heavy atom. The molecule has 0 amide bonds. The lowest BCUT2D eigenvalue weighted by atomic mass is 9.85. The molecule has 0 spiro atoms. The van der Waals surface area contributed by atoms with E-state index in [9.17, 15) is 0 Å². The first-order valence-electron chi connectivity index (χ1n) is 5.54. The van der Waals surface area contributed by atoms with E-state index in [0.717, 1.165) is 11.1 Å². The highest BCUT2D eigenvalue weighted by molar-refractivity contribution is 5.50. The molecule has 0 fully saturated rings. The quantitative estimate of drug-likeness (QED) is 0.558. The first-order valence-corrected chi connectivity index (χ1v) is 5.54. The lowest BCUT2D eigenvalue weighted by molar-refractivity contribution is 0.750. The monoisotopic (exact) mass is 204 g/mol. The van der Waals surface area contributed by atoms with E-state index in [2.05, 4.69) is 47.4 Å². The standard InChI is InChI=1S/C15H24/c1-9-14(11(4)5)15(12(6)7)13(8)10(2)3/h9-11H,1,6,8H2,2-5,7H3/b15-14+. The Balaban J connectivity index is 5.55. The summed E-state index contributed by atoms with van der Waals surface area (Å²) in [6.45, 7) is 22.8. The van der Waals surface area contributed by atoms with Gasteiger partial charge in [-0.3, -0.25) is 0 Å². The van der Waals surface area contributed by atoms with Crippen LogP contribution in [0.1, 0.15) is 34.6 Å². The minimum absolute atomic E-state index is 0.449. The predicted octanol–water partition coefficient (Wildman–Crippen LogP) is 4.91. The van der Waals surface area contributed by atoms with Crippen LogP contribution in [0.2, 0.25) is 0 Å². The van der Waals surface area contributed by atoms with Crippen LogP contribution in [0, 0.1) is 11.8 Å². The molecule has 0 nitrogen and oxygen atoms in total. The van der Waals surface area contributed by atoms with Crippen LogP contribution >= 0.6 is 0 Å². The van der Waals surface area contributed by atoms with Gasteiger partial charge in [-0.2, -0.15) is 0 Å². The van der Waals surface area contributed by atoms with Gasteiger partial charge in [0.25, 0.3) is 0 Å². The summed E-state index contributed by atoms with van der Waals surface area (Å²) in [5.74, 6) is 0.912. The average Bonchev–Trinajstić information content (AvgIpc) is 2.11. The highest BCUT2D eigenvalue weighted by Gasteiger charge is 2.13. The molecule has 0 bridgehead atoms. The smallest absolute Gasteiger partial charge is 0.0170 e. The first kappa shape index (κ1) is 14.0. The van der Waals surface area contributed by atoms with Crippen LogP contribution in [0.5, 0.6) is 0 Å². The number of allylic oxidation sites excluding steroid dienone is 5. The van der Waals surface area contributed by atoms with E-state index >= 15 is 0 Å². The third-order valence-corrected chi connectivity index (χ3v) is 2.58. The highest BCUT2D eigenvalue weighted by Crippen LogP contribution is 2.30. The number of hydrogen-bond donors (Lipinski definition) is 0. The fourth-order valence-corrected chi connectivity index (χ4v) is 1.62. The molecule has 0 atom stereocenters. The molecule has 0 saturated carbocycles. The van der Waals surface area contributed by atoms with Gasteiger partial charge in [0.05, 0.1) is 0 Å². The molecule has 0 aliphatic carbocycles. The Hall–Kier alpha value is -1.04. The number of hydrogen-bond acceptors (Lipinski definition) is 0. The average molecular weight is 204 g/mol. The van der Waals surface area contributed by atoms with Gasteiger partial charge in [0, 0.05) is 0 Å². The van der Waals surface area contributed by atoms with Gasteiger partial charge in [-0.25, -0.2) is 0 Å². The van der Waals surface area contributed by atoms with E-state index in [1.807, 2.05) is 13.0 Å². The molecule has 0 aliphatic heterocycles. The SMILES string of the molecule is C=C/C(=C(/C(=C)C)C(=C)C(C)C)C(C)C. The molecule has 0 heteroatoms. The van der Waals surface area contributed by atoms with Gasteiger partial charge >= 0.3 is 0 Å². The Labute approximate surface area is 95.1 Å². The minimum atomic E-state index is 0.449. The van der Waals surface area contributed by atoms with Crippen molar-refractivity contribution in [1.29, 1.82) is 0 Å². The van der Waals surface area contributed by atoms with E-state index in [-0.39, 0.29) is 0 Å². The van der Waals surface area contributed by atoms with Gasteiger partial charge in [-0.1, -0.05) is 59.1 Å². The van der Waals surface area contributed by atoms with Gasteiger partial charge in [0.2, 0.25) is 0 Å². The van der Waals surface area contributed by atoms with Crippen molar-refractivity contribution in [3.8, 4) is 0 Å². The Morgan fingerprint density at radius 3 is 1.67 bits per heavy atom. The molecule has 84 valence electrons. The van der Waals surface area contributed by atoms with E-state index in [0.29, 0.717) is 11.8 Å². The van der Waals surface area contributed by atoms with Crippen molar-refractivity contribution in [2.45, 2.75) is 34.6 Å². The molecule has 0 unspecified atom stereocenters. The largest absolute Gasteiger partial charge is 0.0988 e. The third-order valence-electron chi connectivity index (χ3n) is 2.58. The van der Waals surface area contributed by atoms with E-state index in [4.69, 9.17) is 0 Å². The predicted molar refractivity (Wildman–Crippen MR) is 70.9 cm³/mol. The van der Waals surface area contributed by atoms with Crippen LogP contribution in [0.4, 0.5) is 0 Å². The summed E-state index contributed by atoms with van der Waals surface area (Å²) in [5.41, 5.74) is 4.69. The van der Waals surface area contributed by atoms with Crippen LogP contribution < -0.4 is 0 Å². The van der Waals surface area contributed by atoms with E-state index in [1.165, 1.54) is 11.1 Å². The van der Waals surface area contributed by atoms with Gasteiger partial charge in [0.1, 0.15) is 0 Å². The van der Waals surface area contributed by atoms with Crippen molar-refractivity contribution in [1.82, 2.24) is 0 Å². The second-order valence-electron chi connectivity index (χ2n) is 4.65. The van der Waals surface area contributed by atoms with Gasteiger partial charge < -0.3 is 0 Å². The zero-order valence-corrected chi connectivity index (χ0v) is 10.9. The molecule has 0 aromatic rings. The summed E-state index contributed by atoms with van der Waals surface area (Å²) in [6, 6.07) is 0. The van der Waals surface area contributed by atoms with Crippen molar-refractivity contribution in [3.05, 3.63) is 48.1 Å². The molecule has 0 radical (unpaired) electrons. The third kappa shape index (κ3) is 3.54. The molecule has 0 saturated heterocycles. The Kier molecular flexibility index (Phi) is 5.35. The topological polar surface area (TPSA) is 0 Å². The summed E-state index contributed by atoms with van der Waals surface area (Å²) < 4.78 is 0.